The van der Waals surface area contributed by atoms with E-state index in [1.165, 1.54) is 16.2 Å². The second kappa shape index (κ2) is 7.81. The minimum Gasteiger partial charge on any atom is -0.342 e. The summed E-state index contributed by atoms with van der Waals surface area (Å²) in [5, 5.41) is 3.69. The van der Waals surface area contributed by atoms with Crippen LogP contribution in [0.15, 0.2) is 30.3 Å². The average Bonchev–Trinajstić information content (AvgIpc) is 2.93. The van der Waals surface area contributed by atoms with Crippen molar-refractivity contribution in [3.05, 3.63) is 55.7 Å². The number of aryl methyl sites for hydroxylation is 1. The number of carbonyl (C=O) groups is 2. The van der Waals surface area contributed by atoms with Crippen LogP contribution in [0, 0.1) is 6.92 Å². The highest BCUT2D eigenvalue weighted by atomic mass is 35.5. The molecule has 4 nitrogen and oxygen atoms in total. The molecule has 0 saturated carbocycles. The van der Waals surface area contributed by atoms with Gasteiger partial charge in [-0.1, -0.05) is 29.3 Å². The Bertz CT molecular complexity index is 731. The Morgan fingerprint density at radius 2 is 1.96 bits per heavy atom. The van der Waals surface area contributed by atoms with Gasteiger partial charge in [0.25, 0.3) is 5.91 Å². The van der Waals surface area contributed by atoms with E-state index in [0.717, 1.165) is 10.4 Å². The molecule has 2 amide bonds. The molecule has 7 heteroatoms. The topological polar surface area (TPSA) is 49.4 Å². The first kappa shape index (κ1) is 17.8. The standard InChI is InChI=1S/C16H16Cl2N2O2S/c1-10-3-6-14(23-10)16(22)19-8-15(21)20(2)9-11-4-5-12(17)7-13(11)18/h3-7H,8-9H2,1-2H3,(H,19,22). The van der Waals surface area contributed by atoms with Crippen LogP contribution in [0.5, 0.6) is 0 Å². The van der Waals surface area contributed by atoms with Crippen molar-refractivity contribution in [1.29, 1.82) is 0 Å². The predicted octanol–water partition coefficient (Wildman–Crippen LogP) is 3.75. The van der Waals surface area contributed by atoms with Gasteiger partial charge in [0.15, 0.2) is 0 Å². The van der Waals surface area contributed by atoms with Crippen molar-refractivity contribution >= 4 is 46.4 Å². The maximum absolute atomic E-state index is 12.1. The van der Waals surface area contributed by atoms with Crippen LogP contribution in [-0.4, -0.2) is 30.3 Å². The maximum Gasteiger partial charge on any atom is 0.261 e. The summed E-state index contributed by atoms with van der Waals surface area (Å²) < 4.78 is 0. The fourth-order valence-electron chi connectivity index (χ4n) is 1.93. The molecule has 0 fully saturated rings. The normalized spacial score (nSPS) is 10.4. The fraction of sp³-hybridized carbons (Fsp3) is 0.250. The van der Waals surface area contributed by atoms with E-state index in [-0.39, 0.29) is 18.4 Å². The Morgan fingerprint density at radius 3 is 2.57 bits per heavy atom. The van der Waals surface area contributed by atoms with Gasteiger partial charge in [0.1, 0.15) is 0 Å². The van der Waals surface area contributed by atoms with E-state index in [1.54, 1.807) is 31.3 Å². The van der Waals surface area contributed by atoms with Crippen LogP contribution in [0.2, 0.25) is 10.0 Å². The Kier molecular flexibility index (Phi) is 6.04. The first-order valence-corrected chi connectivity index (χ1v) is 8.46. The van der Waals surface area contributed by atoms with Crippen LogP contribution in [0.1, 0.15) is 20.1 Å². The van der Waals surface area contributed by atoms with E-state index >= 15 is 0 Å². The molecule has 0 aliphatic heterocycles. The molecule has 1 aromatic heterocycles. The van der Waals surface area contributed by atoms with Crippen molar-refractivity contribution in [3.63, 3.8) is 0 Å². The van der Waals surface area contributed by atoms with Crippen molar-refractivity contribution in [3.8, 4) is 0 Å². The Morgan fingerprint density at radius 1 is 1.22 bits per heavy atom. The third kappa shape index (κ3) is 4.96. The van der Waals surface area contributed by atoms with Crippen molar-refractivity contribution in [2.24, 2.45) is 0 Å². The molecule has 0 aliphatic rings. The van der Waals surface area contributed by atoms with Gasteiger partial charge in [0.2, 0.25) is 5.91 Å². The fourth-order valence-corrected chi connectivity index (χ4v) is 3.18. The van der Waals surface area contributed by atoms with Crippen molar-refractivity contribution in [2.45, 2.75) is 13.5 Å². The molecule has 0 radical (unpaired) electrons. The van der Waals surface area contributed by atoms with Gasteiger partial charge in [0, 0.05) is 28.5 Å². The molecule has 23 heavy (non-hydrogen) atoms. The monoisotopic (exact) mass is 370 g/mol. The highest BCUT2D eigenvalue weighted by molar-refractivity contribution is 7.13. The van der Waals surface area contributed by atoms with Gasteiger partial charge in [-0.3, -0.25) is 9.59 Å². The Hall–Kier alpha value is -1.56. The van der Waals surface area contributed by atoms with E-state index in [4.69, 9.17) is 23.2 Å². The summed E-state index contributed by atoms with van der Waals surface area (Å²) in [6, 6.07) is 8.76. The zero-order chi connectivity index (χ0) is 17.0. The molecule has 2 rings (SSSR count). The highest BCUT2D eigenvalue weighted by Gasteiger charge is 2.14. The second-order valence-corrected chi connectivity index (χ2v) is 7.21. The number of rotatable bonds is 5. The van der Waals surface area contributed by atoms with Crippen molar-refractivity contribution < 1.29 is 9.59 Å². The Labute approximate surface area is 149 Å². The van der Waals surface area contributed by atoms with E-state index in [2.05, 4.69) is 5.32 Å². The molecule has 0 aliphatic carbocycles. The van der Waals surface area contributed by atoms with Crippen LogP contribution in [0.25, 0.3) is 0 Å². The number of nitrogens with one attached hydrogen (secondary N) is 1. The predicted molar refractivity (Wildman–Crippen MR) is 94.3 cm³/mol. The summed E-state index contributed by atoms with van der Waals surface area (Å²) in [4.78, 5) is 27.2. The second-order valence-electron chi connectivity index (χ2n) is 5.08. The van der Waals surface area contributed by atoms with Gasteiger partial charge in [-0.05, 0) is 36.8 Å². The third-order valence-corrected chi connectivity index (χ3v) is 4.80. The summed E-state index contributed by atoms with van der Waals surface area (Å²) >= 11 is 13.3. The summed E-state index contributed by atoms with van der Waals surface area (Å²) in [5.74, 6) is -0.438. The summed E-state index contributed by atoms with van der Waals surface area (Å²) in [7, 11) is 1.66. The number of benzene rings is 1. The van der Waals surface area contributed by atoms with Crippen molar-refractivity contribution in [2.75, 3.05) is 13.6 Å². The largest absolute Gasteiger partial charge is 0.342 e. The third-order valence-electron chi connectivity index (χ3n) is 3.21. The molecule has 0 saturated heterocycles. The molecule has 2 aromatic rings. The molecule has 0 atom stereocenters. The molecule has 122 valence electrons. The van der Waals surface area contributed by atoms with Gasteiger partial charge < -0.3 is 10.2 Å². The van der Waals surface area contributed by atoms with Crippen LogP contribution >= 0.6 is 34.5 Å². The first-order valence-electron chi connectivity index (χ1n) is 6.89. The maximum atomic E-state index is 12.1. The summed E-state index contributed by atoms with van der Waals surface area (Å²) in [6.45, 7) is 2.22. The molecule has 1 aromatic carbocycles. The van der Waals surface area contributed by atoms with Crippen LogP contribution in [0.4, 0.5) is 0 Å². The lowest BCUT2D eigenvalue weighted by Crippen LogP contribution is -2.37. The van der Waals surface area contributed by atoms with Crippen LogP contribution in [-0.2, 0) is 11.3 Å². The summed E-state index contributed by atoms with van der Waals surface area (Å²) in [6.07, 6.45) is 0. The van der Waals surface area contributed by atoms with E-state index in [0.29, 0.717) is 21.5 Å². The quantitative estimate of drug-likeness (QED) is 0.870. The number of amides is 2. The lowest BCUT2D eigenvalue weighted by Gasteiger charge is -2.18. The molecular formula is C16H16Cl2N2O2S. The number of nitrogens with zero attached hydrogens (tertiary/aromatic N) is 1. The van der Waals surface area contributed by atoms with Crippen LogP contribution in [0.3, 0.4) is 0 Å². The van der Waals surface area contributed by atoms with Gasteiger partial charge in [-0.2, -0.15) is 0 Å². The van der Waals surface area contributed by atoms with Gasteiger partial charge in [-0.25, -0.2) is 0 Å². The zero-order valence-electron chi connectivity index (χ0n) is 12.7. The average molecular weight is 371 g/mol. The molecule has 0 bridgehead atoms. The number of hydrogen-bond acceptors (Lipinski definition) is 3. The van der Waals surface area contributed by atoms with E-state index in [9.17, 15) is 9.59 Å². The van der Waals surface area contributed by atoms with E-state index < -0.39 is 0 Å². The summed E-state index contributed by atoms with van der Waals surface area (Å²) in [5.41, 5.74) is 0.798. The lowest BCUT2D eigenvalue weighted by molar-refractivity contribution is -0.129. The van der Waals surface area contributed by atoms with Crippen molar-refractivity contribution in [1.82, 2.24) is 10.2 Å². The van der Waals surface area contributed by atoms with Gasteiger partial charge in [0.05, 0.1) is 11.4 Å². The molecular weight excluding hydrogens is 355 g/mol. The molecule has 1 heterocycles. The first-order chi connectivity index (χ1) is 10.9. The van der Waals surface area contributed by atoms with Gasteiger partial charge in [-0.15, -0.1) is 11.3 Å². The lowest BCUT2D eigenvalue weighted by atomic mass is 10.2. The smallest absolute Gasteiger partial charge is 0.261 e. The zero-order valence-corrected chi connectivity index (χ0v) is 15.1. The minimum absolute atomic E-state index is 0.0580. The van der Waals surface area contributed by atoms with E-state index in [1.807, 2.05) is 13.0 Å². The Balaban J connectivity index is 1.88. The number of carbonyl (C=O) groups excluding carboxylic acids is 2. The van der Waals surface area contributed by atoms with Crippen LogP contribution < -0.4 is 5.32 Å². The van der Waals surface area contributed by atoms with Gasteiger partial charge >= 0.3 is 0 Å². The number of halogens is 2. The molecule has 0 spiro atoms. The highest BCUT2D eigenvalue weighted by Crippen LogP contribution is 2.22. The minimum atomic E-state index is -0.241. The molecule has 1 N–H and O–H groups in total. The number of thiophene rings is 1. The molecule has 0 unspecified atom stereocenters. The number of hydrogen-bond donors (Lipinski definition) is 1. The SMILES string of the molecule is Cc1ccc(C(=O)NCC(=O)N(C)Cc2ccc(Cl)cc2Cl)s1. The number of likely N-dealkylation sites (N-methyl/N-ethyl adjacent to an activating group) is 1.